The Kier molecular flexibility index (Phi) is 7.19. The minimum Gasteiger partial charge on any atom is -0.450 e. The number of imidazole rings is 1. The monoisotopic (exact) mass is 416 g/mol. The van der Waals surface area contributed by atoms with Crippen LogP contribution in [0.4, 0.5) is 4.79 Å². The van der Waals surface area contributed by atoms with Crippen molar-refractivity contribution in [2.45, 2.75) is 31.8 Å². The van der Waals surface area contributed by atoms with E-state index in [1.165, 1.54) is 17.3 Å². The molecule has 156 valence electrons. The van der Waals surface area contributed by atoms with Crippen LogP contribution < -0.4 is 0 Å². The second-order valence-electron chi connectivity index (χ2n) is 7.15. The summed E-state index contributed by atoms with van der Waals surface area (Å²) in [6, 6.07) is 8.27. The Morgan fingerprint density at radius 2 is 1.83 bits per heavy atom. The number of aromatic nitrogens is 2. The quantitative estimate of drug-likeness (QED) is 0.675. The minimum absolute atomic E-state index is 0.0604. The Balaban J connectivity index is 1.59. The van der Waals surface area contributed by atoms with E-state index in [9.17, 15) is 9.59 Å². The fourth-order valence-electron chi connectivity index (χ4n) is 3.35. The maximum Gasteiger partial charge on any atom is 0.409 e. The number of para-hydroxylation sites is 1. The first kappa shape index (κ1) is 21.2. The predicted octanol–water partition coefficient (Wildman–Crippen LogP) is 3.39. The first-order chi connectivity index (χ1) is 14.0. The zero-order chi connectivity index (χ0) is 20.8. The van der Waals surface area contributed by atoms with E-state index in [1.54, 1.807) is 22.9 Å². The molecule has 0 radical (unpaired) electrons. The molecule has 2 amide bonds. The van der Waals surface area contributed by atoms with Crippen LogP contribution in [0.1, 0.15) is 32.3 Å². The van der Waals surface area contributed by atoms with Gasteiger partial charge in [0.1, 0.15) is 0 Å². The number of carbonyl (C=O) groups excluding carboxylic acids is 2. The van der Waals surface area contributed by atoms with E-state index >= 15 is 0 Å². The predicted molar refractivity (Wildman–Crippen MR) is 114 cm³/mol. The number of thioether (sulfide) groups is 1. The zero-order valence-corrected chi connectivity index (χ0v) is 18.0. The second kappa shape index (κ2) is 9.82. The number of piperazine rings is 1. The van der Waals surface area contributed by atoms with Crippen LogP contribution >= 0.6 is 11.8 Å². The van der Waals surface area contributed by atoms with Crippen molar-refractivity contribution in [3.63, 3.8) is 0 Å². The van der Waals surface area contributed by atoms with Crippen LogP contribution in [0.25, 0.3) is 5.69 Å². The van der Waals surface area contributed by atoms with E-state index in [4.69, 9.17) is 4.74 Å². The van der Waals surface area contributed by atoms with Gasteiger partial charge < -0.3 is 14.5 Å². The summed E-state index contributed by atoms with van der Waals surface area (Å²) in [4.78, 5) is 32.3. The molecule has 1 aliphatic heterocycles. The highest BCUT2D eigenvalue weighted by atomic mass is 32.2. The van der Waals surface area contributed by atoms with Gasteiger partial charge in [0.2, 0.25) is 5.91 Å². The van der Waals surface area contributed by atoms with Gasteiger partial charge in [-0.1, -0.05) is 43.8 Å². The number of hydrogen-bond acceptors (Lipinski definition) is 5. The average molecular weight is 417 g/mol. The third-order valence-corrected chi connectivity index (χ3v) is 5.86. The summed E-state index contributed by atoms with van der Waals surface area (Å²) in [7, 11) is 0. The molecule has 0 N–H and O–H groups in total. The average Bonchev–Trinajstić information content (AvgIpc) is 3.20. The Labute approximate surface area is 176 Å². The molecule has 7 nitrogen and oxygen atoms in total. The summed E-state index contributed by atoms with van der Waals surface area (Å²) in [6.07, 6.45) is 3.40. The van der Waals surface area contributed by atoms with Crippen molar-refractivity contribution in [1.29, 1.82) is 0 Å². The molecule has 0 aliphatic carbocycles. The molecule has 2 heterocycles. The third-order valence-electron chi connectivity index (χ3n) is 4.91. The van der Waals surface area contributed by atoms with Crippen molar-refractivity contribution in [1.82, 2.24) is 19.4 Å². The first-order valence-electron chi connectivity index (χ1n) is 9.96. The van der Waals surface area contributed by atoms with Gasteiger partial charge in [-0.25, -0.2) is 9.78 Å². The lowest BCUT2D eigenvalue weighted by Gasteiger charge is -2.34. The largest absolute Gasteiger partial charge is 0.450 e. The van der Waals surface area contributed by atoms with Gasteiger partial charge >= 0.3 is 6.09 Å². The summed E-state index contributed by atoms with van der Waals surface area (Å²) in [6.45, 7) is 8.56. The van der Waals surface area contributed by atoms with Crippen LogP contribution in [0.3, 0.4) is 0 Å². The minimum atomic E-state index is -0.306. The standard InChI is InChI=1S/C21H28N4O3S/c1-4-28-21(27)24-13-11-23(12-14-24)19(26)15-29-20-22-9-10-25(20)18-8-6-5-7-17(18)16(2)3/h5-10,16H,4,11-15H2,1-3H3. The van der Waals surface area contributed by atoms with E-state index in [2.05, 4.69) is 31.0 Å². The van der Waals surface area contributed by atoms with Gasteiger partial charge in [0.25, 0.3) is 0 Å². The molecule has 0 bridgehead atoms. The molecule has 1 aromatic heterocycles. The molecule has 0 atom stereocenters. The number of ether oxygens (including phenoxy) is 1. The van der Waals surface area contributed by atoms with E-state index in [0.717, 1.165) is 10.8 Å². The van der Waals surface area contributed by atoms with Gasteiger partial charge in [-0.3, -0.25) is 9.36 Å². The van der Waals surface area contributed by atoms with Gasteiger partial charge in [-0.2, -0.15) is 0 Å². The van der Waals surface area contributed by atoms with Crippen molar-refractivity contribution in [3.8, 4) is 5.69 Å². The lowest BCUT2D eigenvalue weighted by atomic mass is 10.0. The lowest BCUT2D eigenvalue weighted by Crippen LogP contribution is -2.51. The zero-order valence-electron chi connectivity index (χ0n) is 17.2. The van der Waals surface area contributed by atoms with Crippen LogP contribution in [-0.2, 0) is 9.53 Å². The second-order valence-corrected chi connectivity index (χ2v) is 8.09. The molecule has 1 fully saturated rings. The molecule has 0 saturated carbocycles. The summed E-state index contributed by atoms with van der Waals surface area (Å²) in [5, 5.41) is 0.802. The molecule has 0 unspecified atom stereocenters. The topological polar surface area (TPSA) is 67.7 Å². The molecule has 8 heteroatoms. The molecule has 1 saturated heterocycles. The van der Waals surface area contributed by atoms with E-state index in [1.807, 2.05) is 22.9 Å². The van der Waals surface area contributed by atoms with Crippen molar-refractivity contribution in [2.75, 3.05) is 38.5 Å². The Morgan fingerprint density at radius 1 is 1.14 bits per heavy atom. The third kappa shape index (κ3) is 5.12. The number of benzene rings is 1. The van der Waals surface area contributed by atoms with Crippen molar-refractivity contribution < 1.29 is 14.3 Å². The molecule has 2 aromatic rings. The highest BCUT2D eigenvalue weighted by molar-refractivity contribution is 7.99. The fourth-order valence-corrected chi connectivity index (χ4v) is 4.21. The van der Waals surface area contributed by atoms with Gasteiger partial charge in [-0.05, 0) is 24.5 Å². The van der Waals surface area contributed by atoms with Crippen molar-refractivity contribution in [3.05, 3.63) is 42.2 Å². The van der Waals surface area contributed by atoms with Gasteiger partial charge in [0.15, 0.2) is 5.16 Å². The molecular weight excluding hydrogens is 388 g/mol. The Morgan fingerprint density at radius 3 is 2.52 bits per heavy atom. The Hall–Kier alpha value is -2.48. The molecule has 29 heavy (non-hydrogen) atoms. The molecule has 1 aromatic carbocycles. The van der Waals surface area contributed by atoms with Crippen LogP contribution in [-0.4, -0.2) is 69.9 Å². The Bertz CT molecular complexity index is 844. The number of nitrogens with zero attached hydrogens (tertiary/aromatic N) is 4. The molecule has 3 rings (SSSR count). The van der Waals surface area contributed by atoms with Gasteiger partial charge in [0.05, 0.1) is 18.0 Å². The van der Waals surface area contributed by atoms with E-state index in [-0.39, 0.29) is 12.0 Å². The molecular formula is C21H28N4O3S. The normalized spacial score (nSPS) is 14.3. The van der Waals surface area contributed by atoms with E-state index in [0.29, 0.717) is 44.5 Å². The lowest BCUT2D eigenvalue weighted by molar-refractivity contribution is -0.129. The maximum absolute atomic E-state index is 12.7. The highest BCUT2D eigenvalue weighted by Crippen LogP contribution is 2.27. The van der Waals surface area contributed by atoms with Crippen molar-refractivity contribution in [2.24, 2.45) is 0 Å². The maximum atomic E-state index is 12.7. The number of amides is 2. The van der Waals surface area contributed by atoms with Crippen LogP contribution in [0.15, 0.2) is 41.8 Å². The van der Waals surface area contributed by atoms with Gasteiger partial charge in [-0.15, -0.1) is 0 Å². The van der Waals surface area contributed by atoms with Gasteiger partial charge in [0, 0.05) is 38.6 Å². The van der Waals surface area contributed by atoms with Crippen LogP contribution in [0.2, 0.25) is 0 Å². The van der Waals surface area contributed by atoms with E-state index < -0.39 is 0 Å². The summed E-state index contributed by atoms with van der Waals surface area (Å²) in [5.74, 6) is 0.772. The summed E-state index contributed by atoms with van der Waals surface area (Å²) < 4.78 is 7.07. The number of hydrogen-bond donors (Lipinski definition) is 0. The number of rotatable bonds is 6. The first-order valence-corrected chi connectivity index (χ1v) is 10.9. The summed E-state index contributed by atoms with van der Waals surface area (Å²) >= 11 is 1.44. The summed E-state index contributed by atoms with van der Waals surface area (Å²) in [5.41, 5.74) is 2.34. The number of carbonyl (C=O) groups is 2. The SMILES string of the molecule is CCOC(=O)N1CCN(C(=O)CSc2nccn2-c2ccccc2C(C)C)CC1. The highest BCUT2D eigenvalue weighted by Gasteiger charge is 2.25. The molecule has 0 spiro atoms. The van der Waals surface area contributed by atoms with Crippen LogP contribution in [0, 0.1) is 0 Å². The van der Waals surface area contributed by atoms with Crippen molar-refractivity contribution >= 4 is 23.8 Å². The van der Waals surface area contributed by atoms with Crippen LogP contribution in [0.5, 0.6) is 0 Å². The molecule has 1 aliphatic rings. The fraction of sp³-hybridized carbons (Fsp3) is 0.476. The smallest absolute Gasteiger partial charge is 0.409 e.